The lowest BCUT2D eigenvalue weighted by Crippen LogP contribution is -2.34. The summed E-state index contributed by atoms with van der Waals surface area (Å²) < 4.78 is 0. The Bertz CT molecular complexity index is 155. The third-order valence-corrected chi connectivity index (χ3v) is 2.34. The highest BCUT2D eigenvalue weighted by molar-refractivity contribution is 5.77. The van der Waals surface area contributed by atoms with Crippen molar-refractivity contribution in [3.05, 3.63) is 0 Å². The minimum atomic E-state index is 0.123. The maximum absolute atomic E-state index is 11.1. The molecule has 1 saturated carbocycles. The van der Waals surface area contributed by atoms with E-state index < -0.39 is 0 Å². The van der Waals surface area contributed by atoms with E-state index in [2.05, 4.69) is 10.6 Å². The van der Waals surface area contributed by atoms with Crippen LogP contribution < -0.4 is 10.6 Å². The van der Waals surface area contributed by atoms with Gasteiger partial charge in [0.15, 0.2) is 0 Å². The van der Waals surface area contributed by atoms with Crippen LogP contribution in [0.3, 0.4) is 0 Å². The Morgan fingerprint density at radius 2 is 2.23 bits per heavy atom. The van der Waals surface area contributed by atoms with Gasteiger partial charge in [0, 0.05) is 6.54 Å². The number of rotatable bonds is 7. The Balaban J connectivity index is 1.82. The van der Waals surface area contributed by atoms with E-state index in [1.165, 1.54) is 19.3 Å². The van der Waals surface area contributed by atoms with Crippen LogP contribution in [0.15, 0.2) is 0 Å². The largest absolute Gasteiger partial charge is 0.355 e. The predicted octanol–water partition coefficient (Wildman–Crippen LogP) is 0.902. The number of amides is 1. The van der Waals surface area contributed by atoms with Gasteiger partial charge < -0.3 is 10.6 Å². The van der Waals surface area contributed by atoms with Crippen LogP contribution in [0.2, 0.25) is 0 Å². The molecule has 0 spiro atoms. The highest BCUT2D eigenvalue weighted by atomic mass is 16.1. The fourth-order valence-corrected chi connectivity index (χ4v) is 1.33. The monoisotopic (exact) mass is 184 g/mol. The van der Waals surface area contributed by atoms with Gasteiger partial charge in [-0.1, -0.05) is 19.8 Å². The van der Waals surface area contributed by atoms with Gasteiger partial charge >= 0.3 is 0 Å². The van der Waals surface area contributed by atoms with Crippen molar-refractivity contribution in [1.82, 2.24) is 10.6 Å². The van der Waals surface area contributed by atoms with Crippen molar-refractivity contribution in [2.24, 2.45) is 5.92 Å². The first-order chi connectivity index (χ1) is 6.33. The van der Waals surface area contributed by atoms with Gasteiger partial charge in [-0.05, 0) is 25.3 Å². The quantitative estimate of drug-likeness (QED) is 0.577. The Morgan fingerprint density at radius 1 is 1.46 bits per heavy atom. The summed E-state index contributed by atoms with van der Waals surface area (Å²) in [6, 6.07) is 0. The van der Waals surface area contributed by atoms with Crippen molar-refractivity contribution < 1.29 is 4.79 Å². The topological polar surface area (TPSA) is 41.1 Å². The Kier molecular flexibility index (Phi) is 4.83. The van der Waals surface area contributed by atoms with Crippen LogP contribution in [0, 0.1) is 5.92 Å². The molecule has 0 aromatic rings. The second-order valence-corrected chi connectivity index (χ2v) is 3.72. The lowest BCUT2D eigenvalue weighted by Gasteiger charge is -2.04. The maximum Gasteiger partial charge on any atom is 0.233 e. The molecule has 1 aliphatic rings. The molecule has 13 heavy (non-hydrogen) atoms. The number of hydrogen-bond acceptors (Lipinski definition) is 2. The minimum absolute atomic E-state index is 0.123. The van der Waals surface area contributed by atoms with Crippen LogP contribution in [-0.2, 0) is 4.79 Å². The van der Waals surface area contributed by atoms with Crippen LogP contribution in [0.5, 0.6) is 0 Å². The zero-order valence-electron chi connectivity index (χ0n) is 8.44. The zero-order valence-corrected chi connectivity index (χ0v) is 8.44. The molecule has 0 aromatic carbocycles. The minimum Gasteiger partial charge on any atom is -0.355 e. The van der Waals surface area contributed by atoms with E-state index in [4.69, 9.17) is 0 Å². The van der Waals surface area contributed by atoms with E-state index in [9.17, 15) is 4.79 Å². The van der Waals surface area contributed by atoms with Crippen molar-refractivity contribution in [1.29, 1.82) is 0 Å². The van der Waals surface area contributed by atoms with Crippen LogP contribution >= 0.6 is 0 Å². The molecule has 1 rings (SSSR count). The number of carbonyl (C=O) groups is 1. The molecule has 0 aromatic heterocycles. The standard InChI is InChI=1S/C10H20N2O/c1-2-11-8-10(13)12-7-3-4-9-5-6-9/h9,11H,2-8H2,1H3,(H,12,13). The molecule has 3 nitrogen and oxygen atoms in total. The summed E-state index contributed by atoms with van der Waals surface area (Å²) >= 11 is 0. The number of carbonyl (C=O) groups excluding carboxylic acids is 1. The normalized spacial score (nSPS) is 15.8. The number of likely N-dealkylation sites (N-methyl/N-ethyl adjacent to an activating group) is 1. The van der Waals surface area contributed by atoms with Crippen molar-refractivity contribution in [3.8, 4) is 0 Å². The van der Waals surface area contributed by atoms with Crippen molar-refractivity contribution >= 4 is 5.91 Å². The van der Waals surface area contributed by atoms with E-state index in [1.807, 2.05) is 6.92 Å². The van der Waals surface area contributed by atoms with Gasteiger partial charge in [-0.2, -0.15) is 0 Å². The SMILES string of the molecule is CCNCC(=O)NCCCC1CC1. The molecule has 0 bridgehead atoms. The molecule has 0 saturated heterocycles. The molecular weight excluding hydrogens is 164 g/mol. The summed E-state index contributed by atoms with van der Waals surface area (Å²) in [5.41, 5.74) is 0. The molecule has 0 atom stereocenters. The molecule has 0 heterocycles. The summed E-state index contributed by atoms with van der Waals surface area (Å²) in [5.74, 6) is 1.10. The first-order valence-corrected chi connectivity index (χ1v) is 5.30. The average Bonchev–Trinajstić information content (AvgIpc) is 2.92. The van der Waals surface area contributed by atoms with Crippen LogP contribution in [0.1, 0.15) is 32.6 Å². The van der Waals surface area contributed by atoms with Gasteiger partial charge in [-0.3, -0.25) is 4.79 Å². The van der Waals surface area contributed by atoms with Gasteiger partial charge in [-0.25, -0.2) is 0 Å². The van der Waals surface area contributed by atoms with Crippen LogP contribution in [-0.4, -0.2) is 25.5 Å². The Hall–Kier alpha value is -0.570. The maximum atomic E-state index is 11.1. The molecular formula is C10H20N2O. The number of hydrogen-bond donors (Lipinski definition) is 2. The van der Waals surface area contributed by atoms with E-state index in [1.54, 1.807) is 0 Å². The summed E-state index contributed by atoms with van der Waals surface area (Å²) in [5, 5.41) is 5.90. The van der Waals surface area contributed by atoms with Crippen molar-refractivity contribution in [2.45, 2.75) is 32.6 Å². The van der Waals surface area contributed by atoms with Gasteiger partial charge in [0.2, 0.25) is 5.91 Å². The molecule has 0 unspecified atom stereocenters. The zero-order chi connectivity index (χ0) is 9.52. The Morgan fingerprint density at radius 3 is 2.85 bits per heavy atom. The fraction of sp³-hybridized carbons (Fsp3) is 0.900. The first kappa shape index (κ1) is 10.5. The van der Waals surface area contributed by atoms with E-state index in [-0.39, 0.29) is 5.91 Å². The van der Waals surface area contributed by atoms with Crippen LogP contribution in [0.25, 0.3) is 0 Å². The second-order valence-electron chi connectivity index (χ2n) is 3.72. The van der Waals surface area contributed by atoms with Gasteiger partial charge in [0.25, 0.3) is 0 Å². The molecule has 3 heteroatoms. The summed E-state index contributed by atoms with van der Waals surface area (Å²) in [6.07, 6.45) is 5.25. The Labute approximate surface area is 80.3 Å². The third kappa shape index (κ3) is 5.64. The van der Waals surface area contributed by atoms with Gasteiger partial charge in [-0.15, -0.1) is 0 Å². The van der Waals surface area contributed by atoms with E-state index in [0.29, 0.717) is 6.54 Å². The summed E-state index contributed by atoms with van der Waals surface area (Å²) in [4.78, 5) is 11.1. The molecule has 0 radical (unpaired) electrons. The molecule has 1 fully saturated rings. The lowest BCUT2D eigenvalue weighted by molar-refractivity contribution is -0.120. The lowest BCUT2D eigenvalue weighted by atomic mass is 10.2. The van der Waals surface area contributed by atoms with Gasteiger partial charge in [0.05, 0.1) is 6.54 Å². The molecule has 0 aliphatic heterocycles. The number of nitrogens with one attached hydrogen (secondary N) is 2. The molecule has 1 amide bonds. The summed E-state index contributed by atoms with van der Waals surface area (Å²) in [7, 11) is 0. The molecule has 76 valence electrons. The molecule has 1 aliphatic carbocycles. The van der Waals surface area contributed by atoms with E-state index in [0.717, 1.165) is 25.4 Å². The average molecular weight is 184 g/mol. The fourth-order valence-electron chi connectivity index (χ4n) is 1.33. The third-order valence-electron chi connectivity index (χ3n) is 2.34. The predicted molar refractivity (Wildman–Crippen MR) is 53.5 cm³/mol. The van der Waals surface area contributed by atoms with Crippen LogP contribution in [0.4, 0.5) is 0 Å². The van der Waals surface area contributed by atoms with E-state index >= 15 is 0 Å². The molecule has 2 N–H and O–H groups in total. The highest BCUT2D eigenvalue weighted by Gasteiger charge is 2.19. The first-order valence-electron chi connectivity index (χ1n) is 5.30. The highest BCUT2D eigenvalue weighted by Crippen LogP contribution is 2.33. The van der Waals surface area contributed by atoms with Gasteiger partial charge in [0.1, 0.15) is 0 Å². The van der Waals surface area contributed by atoms with Crippen molar-refractivity contribution in [2.75, 3.05) is 19.6 Å². The van der Waals surface area contributed by atoms with Crippen molar-refractivity contribution in [3.63, 3.8) is 0 Å². The second kappa shape index (κ2) is 5.97. The summed E-state index contributed by atoms with van der Waals surface area (Å²) in [6.45, 7) is 4.16. The smallest absolute Gasteiger partial charge is 0.233 e.